The van der Waals surface area contributed by atoms with Gasteiger partial charge in [0.1, 0.15) is 5.00 Å². The van der Waals surface area contributed by atoms with Crippen molar-refractivity contribution in [2.24, 2.45) is 0 Å². The topological polar surface area (TPSA) is 115 Å². The molecule has 2 amide bonds. The Labute approximate surface area is 243 Å². The van der Waals surface area contributed by atoms with Crippen LogP contribution in [0, 0.1) is 13.8 Å². The van der Waals surface area contributed by atoms with Gasteiger partial charge >= 0.3 is 5.97 Å². The summed E-state index contributed by atoms with van der Waals surface area (Å²) in [4.78, 5) is 39.6. The molecular formula is C29H37N5O4S2. The normalized spacial score (nSPS) is 12.6. The van der Waals surface area contributed by atoms with Gasteiger partial charge in [-0.05, 0) is 81.7 Å². The minimum absolute atomic E-state index is 0.115. The molecule has 0 unspecified atom stereocenters. The number of anilines is 1. The maximum Gasteiger partial charge on any atom is 0.341 e. The van der Waals surface area contributed by atoms with Crippen LogP contribution in [0.3, 0.4) is 0 Å². The number of amides is 2. The Morgan fingerprint density at radius 1 is 1.10 bits per heavy atom. The Morgan fingerprint density at radius 2 is 1.90 bits per heavy atom. The van der Waals surface area contributed by atoms with Crippen molar-refractivity contribution in [2.75, 3.05) is 17.7 Å². The molecule has 0 bridgehead atoms. The van der Waals surface area contributed by atoms with Crippen LogP contribution in [0.4, 0.5) is 5.00 Å². The second kappa shape index (κ2) is 13.9. The minimum atomic E-state index is -0.378. The summed E-state index contributed by atoms with van der Waals surface area (Å²) in [5, 5.41) is 15.7. The summed E-state index contributed by atoms with van der Waals surface area (Å²) >= 11 is 2.77. The Bertz CT molecular complexity index is 1380. The third-order valence-corrected chi connectivity index (χ3v) is 9.12. The number of benzene rings is 1. The number of carbonyl (C=O) groups excluding carboxylic acids is 3. The Kier molecular flexibility index (Phi) is 10.4. The number of fused-ring (bicyclic) bond motifs is 1. The van der Waals surface area contributed by atoms with Crippen molar-refractivity contribution < 1.29 is 19.1 Å². The van der Waals surface area contributed by atoms with Gasteiger partial charge in [-0.2, -0.15) is 0 Å². The fourth-order valence-corrected chi connectivity index (χ4v) is 6.68. The molecule has 0 saturated heterocycles. The molecule has 9 nitrogen and oxygen atoms in total. The van der Waals surface area contributed by atoms with Crippen LogP contribution in [-0.2, 0) is 35.5 Å². The number of carbonyl (C=O) groups is 3. The van der Waals surface area contributed by atoms with E-state index in [0.717, 1.165) is 60.1 Å². The van der Waals surface area contributed by atoms with Gasteiger partial charge < -0.3 is 19.9 Å². The van der Waals surface area contributed by atoms with Crippen molar-refractivity contribution in [3.8, 4) is 0 Å². The largest absolute Gasteiger partial charge is 0.462 e. The number of thiophene rings is 1. The number of hydrogen-bond donors (Lipinski definition) is 2. The van der Waals surface area contributed by atoms with Crippen molar-refractivity contribution in [3.63, 3.8) is 0 Å². The number of rotatable bonds is 12. The number of aryl methyl sites for hydroxylation is 3. The molecule has 0 radical (unpaired) electrons. The van der Waals surface area contributed by atoms with E-state index in [0.29, 0.717) is 33.7 Å². The lowest BCUT2D eigenvalue weighted by Crippen LogP contribution is -2.25. The summed E-state index contributed by atoms with van der Waals surface area (Å²) in [5.41, 5.74) is 4.33. The number of nitrogens with zero attached hydrogens (tertiary/aromatic N) is 3. The van der Waals surface area contributed by atoms with Gasteiger partial charge in [-0.3, -0.25) is 9.59 Å². The fraction of sp³-hybridized carbons (Fsp3) is 0.483. The van der Waals surface area contributed by atoms with E-state index in [2.05, 4.69) is 27.8 Å². The number of thioether (sulfide) groups is 1. The molecule has 11 heteroatoms. The van der Waals surface area contributed by atoms with Gasteiger partial charge in [0.05, 0.1) is 24.5 Å². The molecule has 40 heavy (non-hydrogen) atoms. The van der Waals surface area contributed by atoms with Gasteiger partial charge in [0.25, 0.3) is 5.91 Å². The molecule has 2 aromatic heterocycles. The molecule has 0 spiro atoms. The SMILES string of the molecule is CCCCn1c(CNC(=O)c2ccc(C)c(C)c2)nnc1SCC(=O)Nc1sc2c(c1C(=O)OCC)CCCC2. The van der Waals surface area contributed by atoms with Gasteiger partial charge in [0, 0.05) is 17.0 Å². The molecule has 2 heterocycles. The Morgan fingerprint density at radius 3 is 2.65 bits per heavy atom. The highest BCUT2D eigenvalue weighted by atomic mass is 32.2. The number of nitrogens with one attached hydrogen (secondary N) is 2. The first-order valence-corrected chi connectivity index (χ1v) is 15.6. The van der Waals surface area contributed by atoms with Crippen LogP contribution in [0.5, 0.6) is 0 Å². The van der Waals surface area contributed by atoms with Crippen LogP contribution < -0.4 is 10.6 Å². The first kappa shape index (κ1) is 29.8. The smallest absolute Gasteiger partial charge is 0.341 e. The van der Waals surface area contributed by atoms with E-state index < -0.39 is 0 Å². The summed E-state index contributed by atoms with van der Waals surface area (Å²) in [6.07, 6.45) is 5.75. The molecule has 214 valence electrons. The molecule has 1 aromatic carbocycles. The lowest BCUT2D eigenvalue weighted by atomic mass is 9.95. The first-order valence-electron chi connectivity index (χ1n) is 13.8. The van der Waals surface area contributed by atoms with E-state index in [1.54, 1.807) is 6.92 Å². The van der Waals surface area contributed by atoms with Gasteiger partial charge in [-0.15, -0.1) is 21.5 Å². The minimum Gasteiger partial charge on any atom is -0.462 e. The molecule has 3 aromatic rings. The molecule has 0 fully saturated rings. The molecular weight excluding hydrogens is 546 g/mol. The molecule has 0 saturated carbocycles. The summed E-state index contributed by atoms with van der Waals surface area (Å²) in [6, 6.07) is 5.63. The maximum atomic E-state index is 13.0. The molecule has 4 rings (SSSR count). The van der Waals surface area contributed by atoms with Crippen molar-refractivity contribution in [1.82, 2.24) is 20.1 Å². The predicted molar refractivity (Wildman–Crippen MR) is 158 cm³/mol. The Balaban J connectivity index is 1.42. The van der Waals surface area contributed by atoms with Crippen molar-refractivity contribution in [2.45, 2.75) is 84.5 Å². The van der Waals surface area contributed by atoms with Crippen LogP contribution in [0.15, 0.2) is 23.4 Å². The lowest BCUT2D eigenvalue weighted by Gasteiger charge is -2.12. The van der Waals surface area contributed by atoms with Gasteiger partial charge in [-0.25, -0.2) is 4.79 Å². The number of unbranched alkanes of at least 4 members (excludes halogenated alkanes) is 1. The average Bonchev–Trinajstić information content (AvgIpc) is 3.51. The third kappa shape index (κ3) is 7.11. The highest BCUT2D eigenvalue weighted by Crippen LogP contribution is 2.38. The van der Waals surface area contributed by atoms with Gasteiger partial charge in [0.2, 0.25) is 5.91 Å². The number of aromatic nitrogens is 3. The Hall–Kier alpha value is -3.18. The first-order chi connectivity index (χ1) is 19.3. The van der Waals surface area contributed by atoms with Crippen molar-refractivity contribution >= 4 is 45.9 Å². The summed E-state index contributed by atoms with van der Waals surface area (Å²) in [5.74, 6) is -0.00773. The molecule has 1 aliphatic carbocycles. The zero-order chi connectivity index (χ0) is 28.6. The zero-order valence-electron chi connectivity index (χ0n) is 23.6. The maximum absolute atomic E-state index is 13.0. The number of esters is 1. The van der Waals surface area contributed by atoms with E-state index in [1.165, 1.54) is 23.1 Å². The highest BCUT2D eigenvalue weighted by molar-refractivity contribution is 7.99. The van der Waals surface area contributed by atoms with E-state index in [1.807, 2.05) is 36.6 Å². The second-order valence-electron chi connectivity index (χ2n) is 9.86. The monoisotopic (exact) mass is 583 g/mol. The predicted octanol–water partition coefficient (Wildman–Crippen LogP) is 5.47. The molecule has 2 N–H and O–H groups in total. The highest BCUT2D eigenvalue weighted by Gasteiger charge is 2.27. The molecule has 0 aliphatic heterocycles. The van der Waals surface area contributed by atoms with E-state index in [4.69, 9.17) is 4.74 Å². The van der Waals surface area contributed by atoms with Gasteiger partial charge in [-0.1, -0.05) is 31.2 Å². The van der Waals surface area contributed by atoms with Crippen LogP contribution in [-0.4, -0.2) is 44.9 Å². The molecule has 1 aliphatic rings. The standard InChI is InChI=1S/C29H37N5O4S2/c1-5-7-14-34-23(16-30-26(36)20-13-12-18(3)19(4)15-20)32-33-29(34)39-17-24(35)31-27-25(28(37)38-6-2)21-10-8-9-11-22(21)40-27/h12-13,15H,5-11,14,16-17H2,1-4H3,(H,30,36)(H,31,35). The van der Waals surface area contributed by atoms with Crippen molar-refractivity contribution in [3.05, 3.63) is 56.7 Å². The van der Waals surface area contributed by atoms with Crippen LogP contribution in [0.2, 0.25) is 0 Å². The average molecular weight is 584 g/mol. The summed E-state index contributed by atoms with van der Waals surface area (Å²) in [6.45, 7) is 9.09. The van der Waals surface area contributed by atoms with E-state index in [-0.39, 0.29) is 36.7 Å². The van der Waals surface area contributed by atoms with Crippen LogP contribution in [0.25, 0.3) is 0 Å². The van der Waals surface area contributed by atoms with Gasteiger partial charge in [0.15, 0.2) is 11.0 Å². The number of ether oxygens (including phenoxy) is 1. The lowest BCUT2D eigenvalue weighted by molar-refractivity contribution is -0.113. The van der Waals surface area contributed by atoms with Crippen molar-refractivity contribution in [1.29, 1.82) is 0 Å². The molecule has 0 atom stereocenters. The summed E-state index contributed by atoms with van der Waals surface area (Å²) < 4.78 is 7.27. The summed E-state index contributed by atoms with van der Waals surface area (Å²) in [7, 11) is 0. The third-order valence-electron chi connectivity index (χ3n) is 6.94. The van der Waals surface area contributed by atoms with E-state index >= 15 is 0 Å². The van der Waals surface area contributed by atoms with Crippen LogP contribution >= 0.6 is 23.1 Å². The second-order valence-corrected chi connectivity index (χ2v) is 11.9. The van der Waals surface area contributed by atoms with E-state index in [9.17, 15) is 14.4 Å². The zero-order valence-corrected chi connectivity index (χ0v) is 25.2. The number of hydrogen-bond acceptors (Lipinski definition) is 8. The van der Waals surface area contributed by atoms with Crippen LogP contribution in [0.1, 0.15) is 87.6 Å². The fourth-order valence-electron chi connectivity index (χ4n) is 4.61. The quantitative estimate of drug-likeness (QED) is 0.215.